The van der Waals surface area contributed by atoms with E-state index < -0.39 is 5.97 Å². The Hall–Kier alpha value is -2.98. The average molecular weight is 484 g/mol. The maximum atomic E-state index is 12.6. The fourth-order valence-corrected chi connectivity index (χ4v) is 6.21. The Morgan fingerprint density at radius 2 is 1.85 bits per heavy atom. The molecule has 2 amide bonds. The van der Waals surface area contributed by atoms with Gasteiger partial charge in [0.25, 0.3) is 17.4 Å². The summed E-state index contributed by atoms with van der Waals surface area (Å²) in [6, 6.07) is 6.63. The number of nitrogens with zero attached hydrogens (tertiary/aromatic N) is 2. The predicted octanol–water partition coefficient (Wildman–Crippen LogP) is 2.94. The van der Waals surface area contributed by atoms with Crippen LogP contribution in [0.4, 0.5) is 0 Å². The van der Waals surface area contributed by atoms with Crippen molar-refractivity contribution < 1.29 is 19.1 Å². The van der Waals surface area contributed by atoms with E-state index in [2.05, 4.69) is 9.97 Å². The fourth-order valence-electron chi connectivity index (χ4n) is 4.24. The minimum absolute atomic E-state index is 0.0113. The van der Waals surface area contributed by atoms with E-state index in [9.17, 15) is 19.2 Å². The van der Waals surface area contributed by atoms with Crippen molar-refractivity contribution >= 4 is 51.1 Å². The summed E-state index contributed by atoms with van der Waals surface area (Å²) in [5, 5.41) is 0.719. The van der Waals surface area contributed by atoms with E-state index in [1.165, 1.54) is 16.6 Å². The number of aromatic amines is 1. The highest BCUT2D eigenvalue weighted by molar-refractivity contribution is 7.99. The quantitative estimate of drug-likeness (QED) is 0.406. The molecular weight excluding hydrogens is 462 g/mol. The number of imide groups is 1. The number of benzene rings is 1. The standard InChI is InChI=1S/C23H21N3O5S2/c27-18(31-10-9-26-22(29)13-5-1-2-6-14(13)23(26)30)12-32-11-17-24-20(28)19-15-7-3-4-8-16(15)33-21(19)25-17/h1-2,5-6H,3-4,7-12H2,(H,24,25,28). The van der Waals surface area contributed by atoms with E-state index >= 15 is 0 Å². The number of fused-ring (bicyclic) bond motifs is 4. The van der Waals surface area contributed by atoms with Crippen molar-refractivity contribution in [3.05, 3.63) is 62.0 Å². The first kappa shape index (κ1) is 21.8. The van der Waals surface area contributed by atoms with Crippen molar-refractivity contribution in [2.24, 2.45) is 0 Å². The number of thioether (sulfide) groups is 1. The first-order chi connectivity index (χ1) is 16.0. The van der Waals surface area contributed by atoms with Crippen molar-refractivity contribution in [2.75, 3.05) is 18.9 Å². The third-order valence-electron chi connectivity index (χ3n) is 5.79. The van der Waals surface area contributed by atoms with E-state index in [1.807, 2.05) is 0 Å². The van der Waals surface area contributed by atoms with Crippen LogP contribution in [0.25, 0.3) is 10.2 Å². The van der Waals surface area contributed by atoms with Gasteiger partial charge in [-0.25, -0.2) is 4.98 Å². The lowest BCUT2D eigenvalue weighted by Gasteiger charge is -2.13. The normalized spacial score (nSPS) is 15.1. The van der Waals surface area contributed by atoms with Crippen LogP contribution < -0.4 is 5.56 Å². The van der Waals surface area contributed by atoms with Gasteiger partial charge in [0.05, 0.1) is 34.6 Å². The van der Waals surface area contributed by atoms with Crippen molar-refractivity contribution in [1.29, 1.82) is 0 Å². The van der Waals surface area contributed by atoms with Crippen LogP contribution in [0.1, 0.15) is 49.8 Å². The summed E-state index contributed by atoms with van der Waals surface area (Å²) in [7, 11) is 0. The summed E-state index contributed by atoms with van der Waals surface area (Å²) < 4.78 is 5.19. The minimum atomic E-state index is -0.452. The predicted molar refractivity (Wildman–Crippen MR) is 126 cm³/mol. The van der Waals surface area contributed by atoms with Gasteiger partial charge in [-0.2, -0.15) is 0 Å². The number of ether oxygens (including phenoxy) is 1. The molecular formula is C23H21N3O5S2. The Morgan fingerprint density at radius 3 is 2.61 bits per heavy atom. The summed E-state index contributed by atoms with van der Waals surface area (Å²) in [4.78, 5) is 59.9. The van der Waals surface area contributed by atoms with Gasteiger partial charge in [0, 0.05) is 4.88 Å². The van der Waals surface area contributed by atoms with Crippen LogP contribution in [0.5, 0.6) is 0 Å². The molecule has 0 radical (unpaired) electrons. The number of carbonyl (C=O) groups is 3. The van der Waals surface area contributed by atoms with Crippen LogP contribution in [0.15, 0.2) is 29.1 Å². The van der Waals surface area contributed by atoms with Crippen LogP contribution in [-0.4, -0.2) is 51.6 Å². The molecule has 0 saturated carbocycles. The number of thiophene rings is 1. The third kappa shape index (κ3) is 4.20. The van der Waals surface area contributed by atoms with Gasteiger partial charge in [0.2, 0.25) is 0 Å². The van der Waals surface area contributed by atoms with Gasteiger partial charge in [-0.3, -0.25) is 24.1 Å². The number of hydrogen-bond acceptors (Lipinski definition) is 8. The molecule has 0 saturated heterocycles. The maximum Gasteiger partial charge on any atom is 0.315 e. The van der Waals surface area contributed by atoms with Gasteiger partial charge in [0.1, 0.15) is 17.3 Å². The highest BCUT2D eigenvalue weighted by Crippen LogP contribution is 2.33. The van der Waals surface area contributed by atoms with Crippen molar-refractivity contribution in [1.82, 2.24) is 14.9 Å². The summed E-state index contributed by atoms with van der Waals surface area (Å²) in [6.07, 6.45) is 4.19. The summed E-state index contributed by atoms with van der Waals surface area (Å²) in [5.74, 6) is -0.212. The second-order valence-corrected chi connectivity index (χ2v) is 9.99. The molecule has 1 N–H and O–H groups in total. The third-order valence-corrected chi connectivity index (χ3v) is 7.89. The van der Waals surface area contributed by atoms with Crippen LogP contribution in [-0.2, 0) is 28.1 Å². The SMILES string of the molecule is O=C(CSCc1nc2sc3c(c2c(=O)[nH]1)CCCC3)OCCN1C(=O)c2ccccc2C1=O. The van der Waals surface area contributed by atoms with Crippen LogP contribution in [0.3, 0.4) is 0 Å². The number of carbonyl (C=O) groups excluding carboxylic acids is 3. The highest BCUT2D eigenvalue weighted by atomic mass is 32.2. The number of hydrogen-bond donors (Lipinski definition) is 1. The molecule has 1 aliphatic heterocycles. The zero-order chi connectivity index (χ0) is 22.9. The van der Waals surface area contributed by atoms with E-state index in [-0.39, 0.29) is 36.3 Å². The zero-order valence-electron chi connectivity index (χ0n) is 17.7. The van der Waals surface area contributed by atoms with Gasteiger partial charge in [-0.05, 0) is 43.4 Å². The number of H-pyrrole nitrogens is 1. The highest BCUT2D eigenvalue weighted by Gasteiger charge is 2.34. The molecule has 1 aliphatic carbocycles. The lowest BCUT2D eigenvalue weighted by atomic mass is 9.97. The number of amides is 2. The molecule has 2 aromatic heterocycles. The second-order valence-electron chi connectivity index (χ2n) is 7.92. The van der Waals surface area contributed by atoms with Crippen molar-refractivity contribution in [2.45, 2.75) is 31.4 Å². The molecule has 0 atom stereocenters. The van der Waals surface area contributed by atoms with Crippen LogP contribution >= 0.6 is 23.1 Å². The number of nitrogens with one attached hydrogen (secondary N) is 1. The molecule has 10 heteroatoms. The molecule has 0 fully saturated rings. The van der Waals surface area contributed by atoms with Gasteiger partial charge in [-0.15, -0.1) is 23.1 Å². The molecule has 1 aromatic carbocycles. The zero-order valence-corrected chi connectivity index (χ0v) is 19.4. The fraction of sp³-hybridized carbons (Fsp3) is 0.348. The molecule has 5 rings (SSSR count). The molecule has 33 heavy (non-hydrogen) atoms. The van der Waals surface area contributed by atoms with Crippen molar-refractivity contribution in [3.63, 3.8) is 0 Å². The lowest BCUT2D eigenvalue weighted by Crippen LogP contribution is -2.33. The molecule has 0 unspecified atom stereocenters. The largest absolute Gasteiger partial charge is 0.463 e. The maximum absolute atomic E-state index is 12.6. The topological polar surface area (TPSA) is 109 Å². The van der Waals surface area contributed by atoms with E-state index in [0.717, 1.165) is 46.4 Å². The number of aryl methyl sites for hydroxylation is 2. The van der Waals surface area contributed by atoms with Crippen LogP contribution in [0.2, 0.25) is 0 Å². The molecule has 0 bridgehead atoms. The number of esters is 1. The molecule has 8 nitrogen and oxygen atoms in total. The molecule has 170 valence electrons. The summed E-state index contributed by atoms with van der Waals surface area (Å²) in [6.45, 7) is -0.0516. The Bertz CT molecular complexity index is 1290. The molecule has 2 aliphatic rings. The summed E-state index contributed by atoms with van der Waals surface area (Å²) >= 11 is 2.89. The smallest absolute Gasteiger partial charge is 0.315 e. The van der Waals surface area contributed by atoms with Gasteiger partial charge in [0.15, 0.2) is 0 Å². The first-order valence-corrected chi connectivity index (χ1v) is 12.7. The van der Waals surface area contributed by atoms with E-state index in [0.29, 0.717) is 22.7 Å². The number of rotatable bonds is 7. The van der Waals surface area contributed by atoms with Gasteiger partial charge < -0.3 is 9.72 Å². The molecule has 3 heterocycles. The molecule has 0 spiro atoms. The van der Waals surface area contributed by atoms with E-state index in [1.54, 1.807) is 35.6 Å². The molecule has 3 aromatic rings. The van der Waals surface area contributed by atoms with Gasteiger partial charge in [-0.1, -0.05) is 12.1 Å². The minimum Gasteiger partial charge on any atom is -0.463 e. The van der Waals surface area contributed by atoms with E-state index in [4.69, 9.17) is 4.74 Å². The lowest BCUT2D eigenvalue weighted by molar-refractivity contribution is -0.140. The second kappa shape index (κ2) is 9.11. The Kier molecular flexibility index (Phi) is 6.03. The first-order valence-electron chi connectivity index (χ1n) is 10.7. The average Bonchev–Trinajstić information content (AvgIpc) is 3.30. The Morgan fingerprint density at radius 1 is 1.12 bits per heavy atom. The van der Waals surface area contributed by atoms with Gasteiger partial charge >= 0.3 is 5.97 Å². The number of aromatic nitrogens is 2. The van der Waals surface area contributed by atoms with Crippen LogP contribution in [0, 0.1) is 0 Å². The Labute approximate surface area is 197 Å². The van der Waals surface area contributed by atoms with Crippen molar-refractivity contribution in [3.8, 4) is 0 Å². The summed E-state index contributed by atoms with van der Waals surface area (Å²) in [5.41, 5.74) is 1.78. The Balaban J connectivity index is 1.11. The monoisotopic (exact) mass is 483 g/mol.